The van der Waals surface area contributed by atoms with E-state index in [0.717, 1.165) is 12.8 Å². The van der Waals surface area contributed by atoms with E-state index in [9.17, 15) is 9.59 Å². The summed E-state index contributed by atoms with van der Waals surface area (Å²) < 4.78 is 10.1. The summed E-state index contributed by atoms with van der Waals surface area (Å²) in [6, 6.07) is 0. The van der Waals surface area contributed by atoms with E-state index in [2.05, 4.69) is 6.92 Å². The molecule has 0 rings (SSSR count). The Bertz CT molecular complexity index is 318. The van der Waals surface area contributed by atoms with Crippen molar-refractivity contribution in [3.63, 3.8) is 0 Å². The Morgan fingerprint density at radius 2 is 1.22 bits per heavy atom. The number of ether oxygens (including phenoxy) is 2. The second kappa shape index (κ2) is 13.4. The Kier molecular flexibility index (Phi) is 12.8. The summed E-state index contributed by atoms with van der Waals surface area (Å²) in [6.45, 7) is 8.87. The first-order valence-electron chi connectivity index (χ1n) is 9.16. The smallest absolute Gasteiger partial charge is 0.317 e. The zero-order valence-electron chi connectivity index (χ0n) is 15.6. The average Bonchev–Trinajstić information content (AvgIpc) is 2.46. The van der Waals surface area contributed by atoms with Crippen molar-refractivity contribution >= 4 is 11.9 Å². The fourth-order valence-electron chi connectivity index (χ4n) is 2.12. The van der Waals surface area contributed by atoms with E-state index in [0.29, 0.717) is 13.2 Å². The Morgan fingerprint density at radius 1 is 0.739 bits per heavy atom. The first kappa shape index (κ1) is 21.9. The highest BCUT2D eigenvalue weighted by Gasteiger charge is 2.16. The van der Waals surface area contributed by atoms with E-state index in [-0.39, 0.29) is 11.8 Å². The molecule has 0 atom stereocenters. The molecule has 23 heavy (non-hydrogen) atoms. The van der Waals surface area contributed by atoms with Gasteiger partial charge in [-0.3, -0.25) is 9.59 Å². The third-order valence-electron chi connectivity index (χ3n) is 3.47. The molecule has 136 valence electrons. The van der Waals surface area contributed by atoms with Gasteiger partial charge in [0.1, 0.15) is 6.42 Å². The highest BCUT2D eigenvalue weighted by Crippen LogP contribution is 2.13. The standard InChI is InChI=1S/C19H36O4/c1-5-6-7-8-9-10-11-12-13-14-22-17(20)15-18(21)23-16-19(2,3)4/h5-16H2,1-4H3. The molecule has 0 amide bonds. The zero-order valence-corrected chi connectivity index (χ0v) is 15.6. The molecule has 0 unspecified atom stereocenters. The quantitative estimate of drug-likeness (QED) is 0.270. The molecule has 0 spiro atoms. The minimum atomic E-state index is -0.503. The number of carbonyl (C=O) groups is 2. The summed E-state index contributed by atoms with van der Waals surface area (Å²) in [5, 5.41) is 0. The Morgan fingerprint density at radius 3 is 1.74 bits per heavy atom. The van der Waals surface area contributed by atoms with Gasteiger partial charge in [0.25, 0.3) is 0 Å². The number of hydrogen-bond acceptors (Lipinski definition) is 4. The van der Waals surface area contributed by atoms with Gasteiger partial charge in [0.05, 0.1) is 13.2 Å². The van der Waals surface area contributed by atoms with Gasteiger partial charge in [-0.1, -0.05) is 79.1 Å². The van der Waals surface area contributed by atoms with Gasteiger partial charge in [0.2, 0.25) is 0 Å². The monoisotopic (exact) mass is 328 g/mol. The summed E-state index contributed by atoms with van der Waals surface area (Å²) in [4.78, 5) is 22.9. The molecule has 0 aliphatic heterocycles. The highest BCUT2D eigenvalue weighted by atomic mass is 16.6. The number of carbonyl (C=O) groups excluding carboxylic acids is 2. The molecule has 0 aromatic heterocycles. The lowest BCUT2D eigenvalue weighted by Crippen LogP contribution is -2.21. The molecule has 0 aliphatic rings. The van der Waals surface area contributed by atoms with E-state index >= 15 is 0 Å². The van der Waals surface area contributed by atoms with E-state index in [4.69, 9.17) is 9.47 Å². The lowest BCUT2D eigenvalue weighted by Gasteiger charge is -2.17. The van der Waals surface area contributed by atoms with Gasteiger partial charge in [0.15, 0.2) is 0 Å². The summed E-state index contributed by atoms with van der Waals surface area (Å²) in [5.41, 5.74) is -0.0872. The lowest BCUT2D eigenvalue weighted by molar-refractivity contribution is -0.156. The SMILES string of the molecule is CCCCCCCCCCCOC(=O)CC(=O)OCC(C)(C)C. The second-order valence-corrected chi connectivity index (χ2v) is 7.45. The molecule has 4 heteroatoms. The Hall–Kier alpha value is -1.06. The predicted octanol–water partition coefficient (Wildman–Crippen LogP) is 5.04. The van der Waals surface area contributed by atoms with Gasteiger partial charge in [-0.25, -0.2) is 0 Å². The number of rotatable bonds is 13. The van der Waals surface area contributed by atoms with Crippen molar-refractivity contribution in [1.82, 2.24) is 0 Å². The number of unbranched alkanes of at least 4 members (excludes halogenated alkanes) is 8. The van der Waals surface area contributed by atoms with E-state index in [1.54, 1.807) is 0 Å². The van der Waals surface area contributed by atoms with Crippen LogP contribution in [0.4, 0.5) is 0 Å². The highest BCUT2D eigenvalue weighted by molar-refractivity contribution is 5.91. The van der Waals surface area contributed by atoms with Gasteiger partial charge in [-0.15, -0.1) is 0 Å². The minimum absolute atomic E-state index is 0.0872. The van der Waals surface area contributed by atoms with Gasteiger partial charge >= 0.3 is 11.9 Å². The van der Waals surface area contributed by atoms with Crippen LogP contribution in [-0.4, -0.2) is 25.2 Å². The maximum atomic E-state index is 11.5. The first-order chi connectivity index (χ1) is 10.8. The fourth-order valence-corrected chi connectivity index (χ4v) is 2.12. The maximum absolute atomic E-state index is 11.5. The van der Waals surface area contributed by atoms with E-state index < -0.39 is 11.9 Å². The molecule has 0 bridgehead atoms. The molecule has 0 fully saturated rings. The van der Waals surface area contributed by atoms with Crippen LogP contribution in [0.5, 0.6) is 0 Å². The molecule has 0 saturated carbocycles. The molecule has 0 aliphatic carbocycles. The van der Waals surface area contributed by atoms with Crippen LogP contribution >= 0.6 is 0 Å². The van der Waals surface area contributed by atoms with Crippen molar-refractivity contribution < 1.29 is 19.1 Å². The molecule has 0 aromatic rings. The van der Waals surface area contributed by atoms with Gasteiger partial charge in [-0.2, -0.15) is 0 Å². The largest absolute Gasteiger partial charge is 0.465 e. The van der Waals surface area contributed by atoms with Crippen LogP contribution in [0.3, 0.4) is 0 Å². The Labute approximate surface area is 142 Å². The molecule has 4 nitrogen and oxygen atoms in total. The van der Waals surface area contributed by atoms with Crippen LogP contribution < -0.4 is 0 Å². The molecule has 0 aromatic carbocycles. The van der Waals surface area contributed by atoms with Crippen molar-refractivity contribution in [2.45, 2.75) is 91.9 Å². The van der Waals surface area contributed by atoms with Crippen molar-refractivity contribution in [1.29, 1.82) is 0 Å². The molecule has 0 heterocycles. The van der Waals surface area contributed by atoms with Crippen molar-refractivity contribution in [2.24, 2.45) is 5.41 Å². The number of hydrogen-bond donors (Lipinski definition) is 0. The van der Waals surface area contributed by atoms with Gasteiger partial charge < -0.3 is 9.47 Å². The third kappa shape index (κ3) is 17.1. The van der Waals surface area contributed by atoms with Crippen LogP contribution in [0.15, 0.2) is 0 Å². The van der Waals surface area contributed by atoms with Crippen LogP contribution in [-0.2, 0) is 19.1 Å². The van der Waals surface area contributed by atoms with Crippen LogP contribution in [0, 0.1) is 5.41 Å². The summed E-state index contributed by atoms with van der Waals surface area (Å²) in [6.07, 6.45) is 10.7. The van der Waals surface area contributed by atoms with Crippen molar-refractivity contribution in [3.05, 3.63) is 0 Å². The summed E-state index contributed by atoms with van der Waals surface area (Å²) in [5.74, 6) is -0.986. The summed E-state index contributed by atoms with van der Waals surface area (Å²) >= 11 is 0. The Balaban J connectivity index is 3.41. The van der Waals surface area contributed by atoms with E-state index in [1.165, 1.54) is 44.9 Å². The molecule has 0 N–H and O–H groups in total. The molecular formula is C19H36O4. The van der Waals surface area contributed by atoms with Gasteiger partial charge in [-0.05, 0) is 11.8 Å². The number of esters is 2. The van der Waals surface area contributed by atoms with Gasteiger partial charge in [0, 0.05) is 0 Å². The van der Waals surface area contributed by atoms with Crippen LogP contribution in [0.1, 0.15) is 91.9 Å². The average molecular weight is 328 g/mol. The lowest BCUT2D eigenvalue weighted by atomic mass is 9.99. The summed E-state index contributed by atoms with van der Waals surface area (Å²) in [7, 11) is 0. The minimum Gasteiger partial charge on any atom is -0.465 e. The van der Waals surface area contributed by atoms with Crippen LogP contribution in [0.2, 0.25) is 0 Å². The topological polar surface area (TPSA) is 52.6 Å². The normalized spacial score (nSPS) is 11.3. The molecule has 0 saturated heterocycles. The second-order valence-electron chi connectivity index (χ2n) is 7.45. The fraction of sp³-hybridized carbons (Fsp3) is 0.895. The van der Waals surface area contributed by atoms with Crippen LogP contribution in [0.25, 0.3) is 0 Å². The third-order valence-corrected chi connectivity index (χ3v) is 3.47. The van der Waals surface area contributed by atoms with Crippen molar-refractivity contribution in [3.8, 4) is 0 Å². The van der Waals surface area contributed by atoms with Crippen molar-refractivity contribution in [2.75, 3.05) is 13.2 Å². The first-order valence-corrected chi connectivity index (χ1v) is 9.16. The molecule has 0 radical (unpaired) electrons. The molecular weight excluding hydrogens is 292 g/mol. The predicted molar refractivity (Wildman–Crippen MR) is 93.2 cm³/mol. The van der Waals surface area contributed by atoms with E-state index in [1.807, 2.05) is 20.8 Å². The maximum Gasteiger partial charge on any atom is 0.317 e. The zero-order chi connectivity index (χ0) is 17.6.